The van der Waals surface area contributed by atoms with Crippen molar-refractivity contribution in [2.45, 2.75) is 70.0 Å². The quantitative estimate of drug-likeness (QED) is 0.763. The van der Waals surface area contributed by atoms with Gasteiger partial charge >= 0.3 is 0 Å². The van der Waals surface area contributed by atoms with Gasteiger partial charge in [0.15, 0.2) is 0 Å². The summed E-state index contributed by atoms with van der Waals surface area (Å²) in [5.41, 5.74) is 3.18. The van der Waals surface area contributed by atoms with Crippen LogP contribution in [0.15, 0.2) is 23.4 Å². The molecular formula is C19H27N5OS. The molecule has 140 valence electrons. The van der Waals surface area contributed by atoms with Gasteiger partial charge in [-0.15, -0.1) is 5.10 Å². The number of hydrogen-bond donors (Lipinski definition) is 1. The molecule has 1 amide bonds. The molecule has 26 heavy (non-hydrogen) atoms. The fourth-order valence-electron chi connectivity index (χ4n) is 3.48. The van der Waals surface area contributed by atoms with Gasteiger partial charge in [-0.25, -0.2) is 4.68 Å². The Labute approximate surface area is 159 Å². The molecule has 1 fully saturated rings. The van der Waals surface area contributed by atoms with Crippen molar-refractivity contribution in [1.29, 1.82) is 0 Å². The van der Waals surface area contributed by atoms with Crippen LogP contribution < -0.4 is 5.32 Å². The second kappa shape index (κ2) is 8.66. The minimum Gasteiger partial charge on any atom is -0.325 e. The normalized spacial score (nSPS) is 15.4. The van der Waals surface area contributed by atoms with E-state index in [0.29, 0.717) is 17.7 Å². The van der Waals surface area contributed by atoms with Gasteiger partial charge < -0.3 is 5.32 Å². The summed E-state index contributed by atoms with van der Waals surface area (Å²) in [6, 6.07) is 6.50. The molecule has 0 bridgehead atoms. The van der Waals surface area contributed by atoms with Crippen LogP contribution in [0, 0.1) is 6.92 Å². The largest absolute Gasteiger partial charge is 0.325 e. The van der Waals surface area contributed by atoms with Crippen LogP contribution in [0.25, 0.3) is 0 Å². The van der Waals surface area contributed by atoms with Gasteiger partial charge in [0.2, 0.25) is 11.1 Å². The van der Waals surface area contributed by atoms with E-state index in [9.17, 15) is 4.79 Å². The Morgan fingerprint density at radius 1 is 1.31 bits per heavy atom. The molecule has 2 aromatic rings. The fraction of sp³-hybridized carbons (Fsp3) is 0.579. The molecule has 1 aliphatic carbocycles. The molecule has 6 nitrogen and oxygen atoms in total. The molecule has 1 aromatic carbocycles. The minimum atomic E-state index is -0.0237. The number of amides is 1. The molecule has 3 rings (SSSR count). The number of thioether (sulfide) groups is 1. The average Bonchev–Trinajstić information content (AvgIpc) is 3.11. The highest BCUT2D eigenvalue weighted by Crippen LogP contribution is 2.31. The van der Waals surface area contributed by atoms with Gasteiger partial charge in [0.1, 0.15) is 0 Å². The van der Waals surface area contributed by atoms with Crippen molar-refractivity contribution in [3.05, 3.63) is 29.3 Å². The first-order chi connectivity index (χ1) is 12.6. The van der Waals surface area contributed by atoms with Gasteiger partial charge in [-0.2, -0.15) is 0 Å². The number of hydrogen-bond acceptors (Lipinski definition) is 5. The first-order valence-corrected chi connectivity index (χ1v) is 10.3. The predicted octanol–water partition coefficient (Wildman–Crippen LogP) is 4.34. The van der Waals surface area contributed by atoms with E-state index in [1.54, 1.807) is 0 Å². The van der Waals surface area contributed by atoms with Gasteiger partial charge in [0.05, 0.1) is 11.8 Å². The Bertz CT molecular complexity index is 752. The molecular weight excluding hydrogens is 346 g/mol. The van der Waals surface area contributed by atoms with Crippen LogP contribution in [0.2, 0.25) is 0 Å². The molecule has 1 aromatic heterocycles. The summed E-state index contributed by atoms with van der Waals surface area (Å²) >= 11 is 1.41. The lowest BCUT2D eigenvalue weighted by Crippen LogP contribution is -2.18. The monoisotopic (exact) mass is 373 g/mol. The maximum atomic E-state index is 12.5. The number of nitrogens with zero attached hydrogens (tertiary/aromatic N) is 4. The maximum Gasteiger partial charge on any atom is 0.234 e. The van der Waals surface area contributed by atoms with Gasteiger partial charge in [-0.05, 0) is 47.2 Å². The average molecular weight is 374 g/mol. The number of benzene rings is 1. The molecule has 0 aliphatic heterocycles. The van der Waals surface area contributed by atoms with Crippen LogP contribution in [0.1, 0.15) is 69.0 Å². The third-order valence-electron chi connectivity index (χ3n) is 4.91. The van der Waals surface area contributed by atoms with Crippen molar-refractivity contribution in [1.82, 2.24) is 20.2 Å². The zero-order valence-electron chi connectivity index (χ0n) is 15.7. The van der Waals surface area contributed by atoms with Crippen LogP contribution in [0.3, 0.4) is 0 Å². The van der Waals surface area contributed by atoms with Crippen molar-refractivity contribution in [2.24, 2.45) is 0 Å². The van der Waals surface area contributed by atoms with Gasteiger partial charge in [0, 0.05) is 5.69 Å². The summed E-state index contributed by atoms with van der Waals surface area (Å²) in [7, 11) is 0. The van der Waals surface area contributed by atoms with Crippen molar-refractivity contribution >= 4 is 23.4 Å². The highest BCUT2D eigenvalue weighted by molar-refractivity contribution is 7.99. The summed E-state index contributed by atoms with van der Waals surface area (Å²) < 4.78 is 1.91. The number of carbonyl (C=O) groups excluding carboxylic acids is 1. The second-order valence-corrected chi connectivity index (χ2v) is 8.17. The van der Waals surface area contributed by atoms with Crippen LogP contribution >= 0.6 is 11.8 Å². The van der Waals surface area contributed by atoms with Crippen LogP contribution in [0.5, 0.6) is 0 Å². The fourth-order valence-corrected chi connectivity index (χ4v) is 4.23. The minimum absolute atomic E-state index is 0.0237. The highest BCUT2D eigenvalue weighted by atomic mass is 32.2. The summed E-state index contributed by atoms with van der Waals surface area (Å²) in [6.45, 7) is 6.30. The van der Waals surface area contributed by atoms with E-state index in [0.717, 1.165) is 34.8 Å². The Morgan fingerprint density at radius 3 is 2.81 bits per heavy atom. The summed E-state index contributed by atoms with van der Waals surface area (Å²) in [5.74, 6) is 0.639. The zero-order valence-corrected chi connectivity index (χ0v) is 16.6. The summed E-state index contributed by atoms with van der Waals surface area (Å²) in [4.78, 5) is 12.5. The SMILES string of the molecule is Cc1cccc(C(C)C)c1NC(=O)CSc1nnnn1C1CCCCC1. The lowest BCUT2D eigenvalue weighted by molar-refractivity contribution is -0.113. The third kappa shape index (κ3) is 4.44. The zero-order chi connectivity index (χ0) is 18.5. The molecule has 1 heterocycles. The molecule has 1 N–H and O–H groups in total. The first kappa shape index (κ1) is 18.9. The third-order valence-corrected chi connectivity index (χ3v) is 5.84. The van der Waals surface area contributed by atoms with Crippen LogP contribution in [0.4, 0.5) is 5.69 Å². The molecule has 1 saturated carbocycles. The predicted molar refractivity (Wildman–Crippen MR) is 105 cm³/mol. The summed E-state index contributed by atoms with van der Waals surface area (Å²) in [5, 5.41) is 15.9. The van der Waals surface area contributed by atoms with Crippen LogP contribution in [-0.4, -0.2) is 31.9 Å². The van der Waals surface area contributed by atoms with Crippen molar-refractivity contribution in [3.8, 4) is 0 Å². The molecule has 0 spiro atoms. The van der Waals surface area contributed by atoms with Gasteiger partial charge in [-0.1, -0.05) is 63.1 Å². The van der Waals surface area contributed by atoms with E-state index in [4.69, 9.17) is 0 Å². The van der Waals surface area contributed by atoms with E-state index in [-0.39, 0.29) is 5.91 Å². The van der Waals surface area contributed by atoms with Gasteiger partial charge in [-0.3, -0.25) is 4.79 Å². The van der Waals surface area contributed by atoms with E-state index in [2.05, 4.69) is 40.8 Å². The van der Waals surface area contributed by atoms with Crippen molar-refractivity contribution in [3.63, 3.8) is 0 Å². The number of aromatic nitrogens is 4. The van der Waals surface area contributed by atoms with E-state index in [1.807, 2.05) is 23.7 Å². The van der Waals surface area contributed by atoms with Crippen molar-refractivity contribution in [2.75, 3.05) is 11.1 Å². The van der Waals surface area contributed by atoms with Crippen molar-refractivity contribution < 1.29 is 4.79 Å². The summed E-state index contributed by atoms with van der Waals surface area (Å²) in [6.07, 6.45) is 5.97. The molecule has 1 aliphatic rings. The smallest absolute Gasteiger partial charge is 0.234 e. The molecule has 0 atom stereocenters. The van der Waals surface area contributed by atoms with E-state index >= 15 is 0 Å². The standard InChI is InChI=1S/C19H27N5OS/c1-13(2)16-11-7-8-14(3)18(16)20-17(25)12-26-19-21-22-23-24(19)15-9-5-4-6-10-15/h7-8,11,13,15H,4-6,9-10,12H2,1-3H3,(H,20,25). The van der Waals surface area contributed by atoms with Gasteiger partial charge in [0.25, 0.3) is 0 Å². The van der Waals surface area contributed by atoms with E-state index in [1.165, 1.54) is 31.0 Å². The maximum absolute atomic E-state index is 12.5. The topological polar surface area (TPSA) is 72.7 Å². The number of carbonyl (C=O) groups is 1. The Kier molecular flexibility index (Phi) is 6.29. The number of nitrogens with one attached hydrogen (secondary N) is 1. The lowest BCUT2D eigenvalue weighted by atomic mass is 9.96. The molecule has 0 radical (unpaired) electrons. The number of anilines is 1. The number of tetrazole rings is 1. The number of aryl methyl sites for hydroxylation is 1. The Balaban J connectivity index is 1.63. The first-order valence-electron chi connectivity index (χ1n) is 9.36. The van der Waals surface area contributed by atoms with E-state index < -0.39 is 0 Å². The molecule has 7 heteroatoms. The number of rotatable bonds is 6. The Morgan fingerprint density at radius 2 is 2.08 bits per heavy atom. The Hall–Kier alpha value is -1.89. The highest BCUT2D eigenvalue weighted by Gasteiger charge is 2.21. The molecule has 0 saturated heterocycles. The lowest BCUT2D eigenvalue weighted by Gasteiger charge is -2.22. The number of para-hydroxylation sites is 1. The molecule has 0 unspecified atom stereocenters. The van der Waals surface area contributed by atoms with Crippen LogP contribution in [-0.2, 0) is 4.79 Å². The second-order valence-electron chi connectivity index (χ2n) is 7.23.